The monoisotopic (exact) mass is 328 g/mol. The summed E-state index contributed by atoms with van der Waals surface area (Å²) in [4.78, 5) is 12.0. The molecule has 1 aliphatic carbocycles. The van der Waals surface area contributed by atoms with Gasteiger partial charge in [0, 0.05) is 30.3 Å². The van der Waals surface area contributed by atoms with Gasteiger partial charge in [-0.3, -0.25) is 9.13 Å². The zero-order chi connectivity index (χ0) is 13.5. The van der Waals surface area contributed by atoms with Crippen molar-refractivity contribution >= 4 is 15.9 Å². The lowest BCUT2D eigenvalue weighted by Gasteiger charge is -2.02. The highest BCUT2D eigenvalue weighted by Gasteiger charge is 2.25. The molecule has 2 rings (SSSR count). The first-order valence-corrected chi connectivity index (χ1v) is 8.78. The van der Waals surface area contributed by atoms with Gasteiger partial charge in [-0.25, -0.2) is 4.79 Å². The molecule has 4 heteroatoms. The number of nitrogens with zero attached hydrogens (tertiary/aromatic N) is 2. The van der Waals surface area contributed by atoms with Crippen LogP contribution in [0.2, 0.25) is 0 Å². The molecule has 0 spiro atoms. The number of alkyl halides is 1. The molecule has 3 nitrogen and oxygen atoms in total. The van der Waals surface area contributed by atoms with Crippen LogP contribution < -0.4 is 5.69 Å². The van der Waals surface area contributed by atoms with Crippen LogP contribution in [0, 0.1) is 0 Å². The van der Waals surface area contributed by atoms with Crippen molar-refractivity contribution in [3.63, 3.8) is 0 Å². The molecule has 0 radical (unpaired) electrons. The number of imidazole rings is 1. The molecule has 1 saturated carbocycles. The number of unbranched alkanes of at least 4 members (excludes halogenated alkanes) is 6. The summed E-state index contributed by atoms with van der Waals surface area (Å²) < 4.78 is 3.78. The average Bonchev–Trinajstić information content (AvgIpc) is 3.18. The van der Waals surface area contributed by atoms with Gasteiger partial charge in [0.15, 0.2) is 0 Å². The molecule has 1 aromatic rings. The van der Waals surface area contributed by atoms with Crippen LogP contribution in [0.1, 0.15) is 63.8 Å². The van der Waals surface area contributed by atoms with Crippen molar-refractivity contribution in [1.82, 2.24) is 9.13 Å². The first kappa shape index (κ1) is 14.9. The molecule has 1 aliphatic rings. The molecule has 1 heterocycles. The number of hydrogen-bond donors (Lipinski definition) is 0. The van der Waals surface area contributed by atoms with Crippen LogP contribution in [-0.4, -0.2) is 14.5 Å². The maximum absolute atomic E-state index is 12.0. The molecular formula is C15H25BrN2O. The molecule has 0 bridgehead atoms. The SMILES string of the molecule is O=c1n(CCCCCCCCCBr)ccn1C1CC1. The Labute approximate surface area is 124 Å². The van der Waals surface area contributed by atoms with Crippen LogP contribution in [0.5, 0.6) is 0 Å². The molecule has 0 aromatic carbocycles. The minimum atomic E-state index is 0.194. The van der Waals surface area contributed by atoms with Gasteiger partial charge in [-0.15, -0.1) is 0 Å². The number of rotatable bonds is 10. The Morgan fingerprint density at radius 1 is 1.00 bits per heavy atom. The lowest BCUT2D eigenvalue weighted by molar-refractivity contribution is 0.535. The lowest BCUT2D eigenvalue weighted by Crippen LogP contribution is -2.23. The second-order valence-electron chi connectivity index (χ2n) is 5.58. The zero-order valence-corrected chi connectivity index (χ0v) is 13.3. The van der Waals surface area contributed by atoms with E-state index in [1.165, 1.54) is 51.4 Å². The fourth-order valence-corrected chi connectivity index (χ4v) is 2.89. The first-order chi connectivity index (χ1) is 9.33. The quantitative estimate of drug-likeness (QED) is 0.469. The third-order valence-corrected chi connectivity index (χ3v) is 4.41. The van der Waals surface area contributed by atoms with Crippen molar-refractivity contribution in [3.8, 4) is 0 Å². The van der Waals surface area contributed by atoms with Crippen molar-refractivity contribution in [2.75, 3.05) is 5.33 Å². The van der Waals surface area contributed by atoms with Crippen LogP contribution in [0.3, 0.4) is 0 Å². The van der Waals surface area contributed by atoms with Gasteiger partial charge < -0.3 is 0 Å². The molecule has 0 aliphatic heterocycles. The van der Waals surface area contributed by atoms with Gasteiger partial charge in [-0.1, -0.05) is 48.0 Å². The smallest absolute Gasteiger partial charge is 0.299 e. The van der Waals surface area contributed by atoms with E-state index in [2.05, 4.69) is 15.9 Å². The van der Waals surface area contributed by atoms with Crippen LogP contribution in [0.25, 0.3) is 0 Å². The molecule has 1 fully saturated rings. The maximum atomic E-state index is 12.0. The highest BCUT2D eigenvalue weighted by Crippen LogP contribution is 2.33. The molecule has 108 valence electrons. The van der Waals surface area contributed by atoms with E-state index in [4.69, 9.17) is 0 Å². The summed E-state index contributed by atoms with van der Waals surface area (Å²) in [6.45, 7) is 0.889. The van der Waals surface area contributed by atoms with E-state index in [0.717, 1.165) is 18.3 Å². The predicted molar refractivity (Wildman–Crippen MR) is 83.1 cm³/mol. The Hall–Kier alpha value is -0.510. The minimum Gasteiger partial charge on any atom is -0.299 e. The second-order valence-corrected chi connectivity index (χ2v) is 6.37. The number of hydrogen-bond acceptors (Lipinski definition) is 1. The van der Waals surface area contributed by atoms with Crippen molar-refractivity contribution in [3.05, 3.63) is 22.9 Å². The molecule has 0 amide bonds. The third-order valence-electron chi connectivity index (χ3n) is 3.85. The van der Waals surface area contributed by atoms with Crippen LogP contribution in [0.15, 0.2) is 17.2 Å². The van der Waals surface area contributed by atoms with Crippen LogP contribution in [0.4, 0.5) is 0 Å². The summed E-state index contributed by atoms with van der Waals surface area (Å²) in [5.74, 6) is 0. The number of aromatic nitrogens is 2. The lowest BCUT2D eigenvalue weighted by atomic mass is 10.1. The van der Waals surface area contributed by atoms with Gasteiger partial charge in [0.05, 0.1) is 0 Å². The standard InChI is InChI=1S/C15H25BrN2O/c16-10-6-4-2-1-3-5-7-11-17-12-13-18(15(17)19)14-8-9-14/h12-14H,1-11H2. The molecule has 19 heavy (non-hydrogen) atoms. The van der Waals surface area contributed by atoms with E-state index < -0.39 is 0 Å². The van der Waals surface area contributed by atoms with E-state index in [9.17, 15) is 4.79 Å². The Balaban J connectivity index is 1.57. The Morgan fingerprint density at radius 3 is 2.26 bits per heavy atom. The minimum absolute atomic E-state index is 0.194. The molecule has 0 N–H and O–H groups in total. The van der Waals surface area contributed by atoms with Crippen molar-refractivity contribution in [2.24, 2.45) is 0 Å². The summed E-state index contributed by atoms with van der Waals surface area (Å²) in [5.41, 5.74) is 0.194. The zero-order valence-electron chi connectivity index (χ0n) is 11.7. The van der Waals surface area contributed by atoms with Gasteiger partial charge in [-0.05, 0) is 25.7 Å². The third kappa shape index (κ3) is 4.83. The fourth-order valence-electron chi connectivity index (χ4n) is 2.49. The van der Waals surface area contributed by atoms with E-state index in [1.54, 1.807) is 0 Å². The van der Waals surface area contributed by atoms with Gasteiger partial charge in [0.1, 0.15) is 0 Å². The summed E-state index contributed by atoms with van der Waals surface area (Å²) in [5, 5.41) is 1.13. The van der Waals surface area contributed by atoms with E-state index in [-0.39, 0.29) is 5.69 Å². The number of halogens is 1. The summed E-state index contributed by atoms with van der Waals surface area (Å²) in [6, 6.07) is 0.503. The van der Waals surface area contributed by atoms with E-state index >= 15 is 0 Å². The van der Waals surface area contributed by atoms with Gasteiger partial charge in [0.25, 0.3) is 0 Å². The first-order valence-electron chi connectivity index (χ1n) is 7.66. The number of aryl methyl sites for hydroxylation is 1. The van der Waals surface area contributed by atoms with Crippen molar-refractivity contribution in [2.45, 2.75) is 70.4 Å². The summed E-state index contributed by atoms with van der Waals surface area (Å²) >= 11 is 3.46. The van der Waals surface area contributed by atoms with Gasteiger partial charge in [0.2, 0.25) is 0 Å². The highest BCUT2D eigenvalue weighted by molar-refractivity contribution is 9.09. The normalized spacial score (nSPS) is 15.0. The Bertz CT molecular complexity index is 420. The second kappa shape index (κ2) is 7.93. The van der Waals surface area contributed by atoms with E-state index in [1.807, 2.05) is 21.5 Å². The van der Waals surface area contributed by atoms with Crippen LogP contribution in [-0.2, 0) is 6.54 Å². The van der Waals surface area contributed by atoms with Crippen molar-refractivity contribution in [1.29, 1.82) is 0 Å². The molecule has 0 atom stereocenters. The average molecular weight is 329 g/mol. The molecule has 1 aromatic heterocycles. The molecular weight excluding hydrogens is 304 g/mol. The van der Waals surface area contributed by atoms with Crippen LogP contribution >= 0.6 is 15.9 Å². The van der Waals surface area contributed by atoms with E-state index in [0.29, 0.717) is 6.04 Å². The van der Waals surface area contributed by atoms with Gasteiger partial charge >= 0.3 is 5.69 Å². The summed E-state index contributed by atoms with van der Waals surface area (Å²) in [7, 11) is 0. The Morgan fingerprint density at radius 2 is 1.63 bits per heavy atom. The fraction of sp³-hybridized carbons (Fsp3) is 0.800. The van der Waals surface area contributed by atoms with Gasteiger partial charge in [-0.2, -0.15) is 0 Å². The topological polar surface area (TPSA) is 26.9 Å². The maximum Gasteiger partial charge on any atom is 0.328 e. The molecule has 0 unspecified atom stereocenters. The van der Waals surface area contributed by atoms with Crippen molar-refractivity contribution < 1.29 is 0 Å². The Kier molecular flexibility index (Phi) is 6.21. The highest BCUT2D eigenvalue weighted by atomic mass is 79.9. The summed E-state index contributed by atoms with van der Waals surface area (Å²) in [6.07, 6.45) is 15.3. The predicted octanol–water partition coefficient (Wildman–Crippen LogP) is 4.11. The molecule has 0 saturated heterocycles. The largest absolute Gasteiger partial charge is 0.328 e.